The zero-order valence-corrected chi connectivity index (χ0v) is 12.3. The molecule has 0 aromatic carbocycles. The van der Waals surface area contributed by atoms with Gasteiger partial charge in [0.15, 0.2) is 0 Å². The fraction of sp³-hybridized carbons (Fsp3) is 1.00. The third-order valence-corrected chi connectivity index (χ3v) is 5.07. The van der Waals surface area contributed by atoms with Gasteiger partial charge in [-0.05, 0) is 32.6 Å². The molecule has 0 amide bonds. The summed E-state index contributed by atoms with van der Waals surface area (Å²) in [5.74, 6) is 0.772. The Hall–Kier alpha value is -0.120. The van der Waals surface area contributed by atoms with Gasteiger partial charge in [0.1, 0.15) is 0 Å². The Labute approximate surface area is 112 Å². The zero-order chi connectivity index (χ0) is 13.2. The van der Waals surface area contributed by atoms with Gasteiger partial charge in [-0.15, -0.1) is 0 Å². The van der Waals surface area contributed by atoms with Gasteiger partial charge in [-0.3, -0.25) is 4.90 Å². The summed E-state index contributed by atoms with van der Waals surface area (Å²) in [6.07, 6.45) is 7.31. The molecule has 0 radical (unpaired) electrons. The molecule has 3 heteroatoms. The molecule has 2 rings (SSSR count). The molecule has 106 valence electrons. The maximum Gasteiger partial charge on any atom is 0.0678 e. The SMILES string of the molecule is CCC1CCCCC1(CN)N1C[C@@H](C)O[C@@H](C)C1. The van der Waals surface area contributed by atoms with Gasteiger partial charge >= 0.3 is 0 Å². The Morgan fingerprint density at radius 3 is 2.44 bits per heavy atom. The van der Waals surface area contributed by atoms with E-state index in [-0.39, 0.29) is 5.54 Å². The van der Waals surface area contributed by atoms with Crippen LogP contribution in [0.3, 0.4) is 0 Å². The second-order valence-electron chi connectivity index (χ2n) is 6.32. The lowest BCUT2D eigenvalue weighted by molar-refractivity contribution is -0.121. The topological polar surface area (TPSA) is 38.5 Å². The molecule has 2 fully saturated rings. The molecule has 2 unspecified atom stereocenters. The van der Waals surface area contributed by atoms with Crippen molar-refractivity contribution < 1.29 is 4.74 Å². The molecule has 0 bridgehead atoms. The Kier molecular flexibility index (Phi) is 4.68. The minimum atomic E-state index is 0.249. The van der Waals surface area contributed by atoms with E-state index < -0.39 is 0 Å². The average Bonchev–Trinajstić information content (AvgIpc) is 2.37. The van der Waals surface area contributed by atoms with Gasteiger partial charge < -0.3 is 10.5 Å². The van der Waals surface area contributed by atoms with Crippen molar-refractivity contribution in [3.05, 3.63) is 0 Å². The first-order chi connectivity index (χ1) is 8.62. The molecular formula is C15H30N2O. The molecule has 2 aliphatic rings. The minimum absolute atomic E-state index is 0.249. The smallest absolute Gasteiger partial charge is 0.0678 e. The monoisotopic (exact) mass is 254 g/mol. The summed E-state index contributed by atoms with van der Waals surface area (Å²) in [4.78, 5) is 2.67. The molecule has 1 aliphatic heterocycles. The highest BCUT2D eigenvalue weighted by Gasteiger charge is 2.45. The van der Waals surface area contributed by atoms with E-state index in [9.17, 15) is 0 Å². The highest BCUT2D eigenvalue weighted by atomic mass is 16.5. The van der Waals surface area contributed by atoms with Crippen molar-refractivity contribution in [3.63, 3.8) is 0 Å². The van der Waals surface area contributed by atoms with Crippen molar-refractivity contribution in [1.82, 2.24) is 4.90 Å². The van der Waals surface area contributed by atoms with Crippen molar-refractivity contribution in [2.75, 3.05) is 19.6 Å². The van der Waals surface area contributed by atoms with Crippen LogP contribution in [0.15, 0.2) is 0 Å². The van der Waals surface area contributed by atoms with Gasteiger partial charge in [-0.2, -0.15) is 0 Å². The number of nitrogens with zero attached hydrogens (tertiary/aromatic N) is 1. The molecule has 1 saturated carbocycles. The maximum atomic E-state index is 6.24. The number of nitrogens with two attached hydrogens (primary N) is 1. The van der Waals surface area contributed by atoms with Crippen LogP contribution in [0, 0.1) is 5.92 Å². The predicted octanol–water partition coefficient (Wildman–Crippen LogP) is 2.39. The van der Waals surface area contributed by atoms with Crippen LogP contribution in [0.4, 0.5) is 0 Å². The standard InChI is InChI=1S/C15H30N2O/c1-4-14-7-5-6-8-15(14,11-16)17-9-12(2)18-13(3)10-17/h12-14H,4-11,16H2,1-3H3/t12-,13+,14?,15?. The Balaban J connectivity index is 2.18. The molecule has 0 aromatic rings. The molecule has 1 aliphatic carbocycles. The van der Waals surface area contributed by atoms with Gasteiger partial charge in [-0.25, -0.2) is 0 Å². The summed E-state index contributed by atoms with van der Waals surface area (Å²) in [6.45, 7) is 9.63. The van der Waals surface area contributed by atoms with Crippen LogP contribution in [-0.2, 0) is 4.74 Å². The molecule has 1 saturated heterocycles. The number of morpholine rings is 1. The fourth-order valence-corrected chi connectivity index (χ4v) is 4.23. The van der Waals surface area contributed by atoms with Gasteiger partial charge in [0, 0.05) is 25.2 Å². The van der Waals surface area contributed by atoms with Gasteiger partial charge in [-0.1, -0.05) is 26.2 Å². The summed E-state index contributed by atoms with van der Waals surface area (Å²) in [5, 5.41) is 0. The molecule has 0 spiro atoms. The number of rotatable bonds is 3. The van der Waals surface area contributed by atoms with Crippen molar-refractivity contribution >= 4 is 0 Å². The van der Waals surface area contributed by atoms with E-state index >= 15 is 0 Å². The van der Waals surface area contributed by atoms with E-state index in [2.05, 4.69) is 25.7 Å². The quantitative estimate of drug-likeness (QED) is 0.840. The molecular weight excluding hydrogens is 224 g/mol. The van der Waals surface area contributed by atoms with E-state index in [1.807, 2.05) is 0 Å². The first-order valence-corrected chi connectivity index (χ1v) is 7.73. The molecule has 4 atom stereocenters. The van der Waals surface area contributed by atoms with Crippen LogP contribution < -0.4 is 5.73 Å². The molecule has 2 N–H and O–H groups in total. The molecule has 3 nitrogen and oxygen atoms in total. The van der Waals surface area contributed by atoms with Gasteiger partial charge in [0.05, 0.1) is 12.2 Å². The molecule has 18 heavy (non-hydrogen) atoms. The Bertz CT molecular complexity index is 261. The fourth-order valence-electron chi connectivity index (χ4n) is 4.23. The maximum absolute atomic E-state index is 6.24. The van der Waals surface area contributed by atoms with Crippen molar-refractivity contribution in [1.29, 1.82) is 0 Å². The highest BCUT2D eigenvalue weighted by molar-refractivity contribution is 5.01. The minimum Gasteiger partial charge on any atom is -0.373 e. The van der Waals surface area contributed by atoms with E-state index in [4.69, 9.17) is 10.5 Å². The largest absolute Gasteiger partial charge is 0.373 e. The summed E-state index contributed by atoms with van der Waals surface area (Å²) in [5.41, 5.74) is 6.49. The predicted molar refractivity (Wildman–Crippen MR) is 75.6 cm³/mol. The number of hydrogen-bond donors (Lipinski definition) is 1. The van der Waals surface area contributed by atoms with Crippen molar-refractivity contribution in [2.45, 2.75) is 70.6 Å². The summed E-state index contributed by atoms with van der Waals surface area (Å²) >= 11 is 0. The zero-order valence-electron chi connectivity index (χ0n) is 12.3. The number of ether oxygens (including phenoxy) is 1. The van der Waals surface area contributed by atoms with E-state index in [0.29, 0.717) is 12.2 Å². The third-order valence-electron chi connectivity index (χ3n) is 5.07. The molecule has 0 aromatic heterocycles. The lowest BCUT2D eigenvalue weighted by atomic mass is 9.70. The lowest BCUT2D eigenvalue weighted by Crippen LogP contribution is -2.64. The summed E-state index contributed by atoms with van der Waals surface area (Å²) in [7, 11) is 0. The normalized spacial score (nSPS) is 43.0. The lowest BCUT2D eigenvalue weighted by Gasteiger charge is -2.54. The van der Waals surface area contributed by atoms with Crippen LogP contribution in [0.25, 0.3) is 0 Å². The van der Waals surface area contributed by atoms with Gasteiger partial charge in [0.2, 0.25) is 0 Å². The first-order valence-electron chi connectivity index (χ1n) is 7.73. The Morgan fingerprint density at radius 1 is 1.22 bits per heavy atom. The van der Waals surface area contributed by atoms with Crippen LogP contribution in [-0.4, -0.2) is 42.3 Å². The molecule has 1 heterocycles. The highest BCUT2D eigenvalue weighted by Crippen LogP contribution is 2.40. The second kappa shape index (κ2) is 5.89. The van der Waals surface area contributed by atoms with Crippen LogP contribution in [0.2, 0.25) is 0 Å². The second-order valence-corrected chi connectivity index (χ2v) is 6.32. The Morgan fingerprint density at radius 2 is 1.89 bits per heavy atom. The number of hydrogen-bond acceptors (Lipinski definition) is 3. The summed E-state index contributed by atoms with van der Waals surface area (Å²) < 4.78 is 5.88. The van der Waals surface area contributed by atoms with Crippen LogP contribution in [0.1, 0.15) is 52.9 Å². The van der Waals surface area contributed by atoms with Crippen molar-refractivity contribution in [3.8, 4) is 0 Å². The summed E-state index contributed by atoms with van der Waals surface area (Å²) in [6, 6.07) is 0. The first kappa shape index (κ1) is 14.3. The van der Waals surface area contributed by atoms with E-state index in [1.165, 1.54) is 32.1 Å². The van der Waals surface area contributed by atoms with Crippen LogP contribution in [0.5, 0.6) is 0 Å². The van der Waals surface area contributed by atoms with Crippen LogP contribution >= 0.6 is 0 Å². The van der Waals surface area contributed by atoms with Gasteiger partial charge in [0.25, 0.3) is 0 Å². The van der Waals surface area contributed by atoms with E-state index in [0.717, 1.165) is 25.6 Å². The average molecular weight is 254 g/mol. The third kappa shape index (κ3) is 2.59. The van der Waals surface area contributed by atoms with E-state index in [1.54, 1.807) is 0 Å². The van der Waals surface area contributed by atoms with Crippen molar-refractivity contribution in [2.24, 2.45) is 11.7 Å².